The first-order valence-electron chi connectivity index (χ1n) is 14.4. The van der Waals surface area contributed by atoms with E-state index in [1.165, 1.54) is 0 Å². The Morgan fingerprint density at radius 2 is 0.814 bits per heavy atom. The Bertz CT molecular complexity index is 1870. The smallest absolute Gasteiger partial charge is 0.270 e. The predicted molar refractivity (Wildman–Crippen MR) is 174 cm³/mol. The van der Waals surface area contributed by atoms with Gasteiger partial charge in [-0.15, -0.1) is 0 Å². The van der Waals surface area contributed by atoms with Gasteiger partial charge in [0.2, 0.25) is 0 Å². The Morgan fingerprint density at radius 1 is 0.419 bits per heavy atom. The lowest BCUT2D eigenvalue weighted by atomic mass is 9.34. The summed E-state index contributed by atoms with van der Waals surface area (Å²) < 4.78 is 25.9. The van der Waals surface area contributed by atoms with Gasteiger partial charge in [0.05, 0.1) is 14.2 Å². The van der Waals surface area contributed by atoms with Crippen molar-refractivity contribution < 1.29 is 18.9 Å². The minimum atomic E-state index is -0.250. The first-order valence-corrected chi connectivity index (χ1v) is 14.4. The van der Waals surface area contributed by atoms with E-state index >= 15 is 0 Å². The molecule has 0 N–H and O–H groups in total. The monoisotopic (exact) mass is 558 g/mol. The molecular formula is C38H27BO4. The lowest BCUT2D eigenvalue weighted by molar-refractivity contribution is 0.409. The third-order valence-corrected chi connectivity index (χ3v) is 8.41. The van der Waals surface area contributed by atoms with Gasteiger partial charge in [-0.1, -0.05) is 103 Å². The molecule has 0 unspecified atom stereocenters. The molecule has 2 aliphatic heterocycles. The van der Waals surface area contributed by atoms with E-state index in [9.17, 15) is 0 Å². The molecule has 2 aliphatic rings. The van der Waals surface area contributed by atoms with Crippen LogP contribution in [0, 0.1) is 0 Å². The standard InChI is InChI=1S/C38H27BO4/c1-40-27-20-12-22-29-34(27)39-35-28(41-2)21-13-23-30(35)43-38-33(26-18-10-5-11-19-26)31(24-14-6-3-7-15-24)32(37(42-29)36(38)39)25-16-8-4-9-17-25/h3-23H,1-2H3. The largest absolute Gasteiger partial charge is 0.497 e. The van der Waals surface area contributed by atoms with E-state index in [-0.39, 0.29) is 6.71 Å². The average Bonchev–Trinajstić information content (AvgIpc) is 3.08. The molecule has 0 aromatic heterocycles. The molecule has 206 valence electrons. The van der Waals surface area contributed by atoms with E-state index in [1.807, 2.05) is 54.6 Å². The van der Waals surface area contributed by atoms with Gasteiger partial charge in [0.1, 0.15) is 34.5 Å². The first-order chi connectivity index (χ1) is 21.3. The fourth-order valence-corrected chi connectivity index (χ4v) is 6.66. The van der Waals surface area contributed by atoms with Crippen molar-refractivity contribution in [3.63, 3.8) is 0 Å². The zero-order chi connectivity index (χ0) is 28.9. The molecule has 0 saturated carbocycles. The van der Waals surface area contributed by atoms with Crippen LogP contribution in [0.25, 0.3) is 33.4 Å². The molecule has 6 aromatic carbocycles. The summed E-state index contributed by atoms with van der Waals surface area (Å²) in [5, 5.41) is 0. The number of benzene rings is 6. The highest BCUT2D eigenvalue weighted by atomic mass is 16.5. The minimum absolute atomic E-state index is 0.250. The molecule has 0 atom stereocenters. The molecule has 8 rings (SSSR count). The maximum atomic E-state index is 6.99. The molecule has 0 aliphatic carbocycles. The molecule has 6 aromatic rings. The van der Waals surface area contributed by atoms with Crippen LogP contribution in [0.5, 0.6) is 34.5 Å². The van der Waals surface area contributed by atoms with Crippen LogP contribution in [-0.2, 0) is 0 Å². The molecule has 0 spiro atoms. The number of fused-ring (bicyclic) bond motifs is 4. The Morgan fingerprint density at radius 3 is 1.21 bits per heavy atom. The molecular weight excluding hydrogens is 531 g/mol. The number of hydrogen-bond acceptors (Lipinski definition) is 4. The summed E-state index contributed by atoms with van der Waals surface area (Å²) in [5.74, 6) is 4.58. The Hall–Kier alpha value is -5.42. The van der Waals surface area contributed by atoms with E-state index in [0.29, 0.717) is 0 Å². The highest BCUT2D eigenvalue weighted by Gasteiger charge is 2.47. The van der Waals surface area contributed by atoms with E-state index in [1.54, 1.807) is 14.2 Å². The summed E-state index contributed by atoms with van der Waals surface area (Å²) in [7, 11) is 3.41. The van der Waals surface area contributed by atoms with Gasteiger partial charge < -0.3 is 18.9 Å². The van der Waals surface area contributed by atoms with Crippen molar-refractivity contribution in [2.75, 3.05) is 14.2 Å². The maximum absolute atomic E-state index is 6.99. The molecule has 0 fully saturated rings. The minimum Gasteiger partial charge on any atom is -0.497 e. The first kappa shape index (κ1) is 25.3. The zero-order valence-corrected chi connectivity index (χ0v) is 23.8. The van der Waals surface area contributed by atoms with Crippen LogP contribution in [0.3, 0.4) is 0 Å². The highest BCUT2D eigenvalue weighted by molar-refractivity contribution is 6.99. The normalized spacial score (nSPS) is 12.3. The van der Waals surface area contributed by atoms with Crippen LogP contribution in [-0.4, -0.2) is 20.9 Å². The number of hydrogen-bond donors (Lipinski definition) is 0. The van der Waals surface area contributed by atoms with E-state index in [4.69, 9.17) is 18.9 Å². The van der Waals surface area contributed by atoms with Crippen LogP contribution in [0.1, 0.15) is 0 Å². The molecule has 43 heavy (non-hydrogen) atoms. The van der Waals surface area contributed by atoms with Gasteiger partial charge in [-0.3, -0.25) is 0 Å². The van der Waals surface area contributed by atoms with Crippen molar-refractivity contribution >= 4 is 23.1 Å². The van der Waals surface area contributed by atoms with E-state index < -0.39 is 0 Å². The SMILES string of the molecule is COc1cccc2c1B1c3c(OC)cccc3Oc3c1c(c(-c1ccccc1)c(-c1ccccc1)c3-c1ccccc1)O2. The van der Waals surface area contributed by atoms with Crippen molar-refractivity contribution in [1.82, 2.24) is 0 Å². The highest BCUT2D eigenvalue weighted by Crippen LogP contribution is 2.53. The average molecular weight is 558 g/mol. The van der Waals surface area contributed by atoms with Gasteiger partial charge in [-0.25, -0.2) is 0 Å². The number of ether oxygens (including phenoxy) is 4. The fraction of sp³-hybridized carbons (Fsp3) is 0.0526. The second-order valence-electron chi connectivity index (χ2n) is 10.7. The van der Waals surface area contributed by atoms with Gasteiger partial charge >= 0.3 is 0 Å². The lowest BCUT2D eigenvalue weighted by Crippen LogP contribution is -2.58. The van der Waals surface area contributed by atoms with Crippen molar-refractivity contribution in [1.29, 1.82) is 0 Å². The van der Waals surface area contributed by atoms with Gasteiger partial charge in [0, 0.05) is 33.1 Å². The molecule has 0 radical (unpaired) electrons. The van der Waals surface area contributed by atoms with Gasteiger partial charge in [-0.05, 0) is 41.0 Å². The lowest BCUT2D eigenvalue weighted by Gasteiger charge is -2.37. The second-order valence-corrected chi connectivity index (χ2v) is 10.7. The van der Waals surface area contributed by atoms with Crippen molar-refractivity contribution in [2.45, 2.75) is 0 Å². The van der Waals surface area contributed by atoms with E-state index in [0.717, 1.165) is 84.3 Å². The fourth-order valence-electron chi connectivity index (χ4n) is 6.66. The molecule has 5 heteroatoms. The van der Waals surface area contributed by atoms with Crippen molar-refractivity contribution in [2.24, 2.45) is 0 Å². The third kappa shape index (κ3) is 3.85. The maximum Gasteiger partial charge on any atom is 0.270 e. The summed E-state index contributed by atoms with van der Waals surface area (Å²) in [6.07, 6.45) is 0. The third-order valence-electron chi connectivity index (χ3n) is 8.41. The van der Waals surface area contributed by atoms with Gasteiger partial charge in [0.25, 0.3) is 6.71 Å². The zero-order valence-electron chi connectivity index (χ0n) is 23.8. The van der Waals surface area contributed by atoms with Gasteiger partial charge in [-0.2, -0.15) is 0 Å². The Kier molecular flexibility index (Phi) is 5.97. The number of methoxy groups -OCH3 is 2. The number of rotatable bonds is 5. The van der Waals surface area contributed by atoms with Crippen LogP contribution in [0.2, 0.25) is 0 Å². The van der Waals surface area contributed by atoms with Crippen LogP contribution in [0.4, 0.5) is 0 Å². The van der Waals surface area contributed by atoms with Crippen LogP contribution < -0.4 is 35.3 Å². The molecule has 0 amide bonds. The summed E-state index contributed by atoms with van der Waals surface area (Å²) >= 11 is 0. The molecule has 4 nitrogen and oxygen atoms in total. The summed E-state index contributed by atoms with van der Waals surface area (Å²) in [6, 6.07) is 43.5. The Balaban J connectivity index is 1.60. The van der Waals surface area contributed by atoms with Gasteiger partial charge in [0.15, 0.2) is 0 Å². The van der Waals surface area contributed by atoms with Crippen LogP contribution in [0.15, 0.2) is 127 Å². The summed E-state index contributed by atoms with van der Waals surface area (Å²) in [5.41, 5.74) is 9.18. The second kappa shape index (κ2) is 10.1. The topological polar surface area (TPSA) is 36.9 Å². The quantitative estimate of drug-likeness (QED) is 0.206. The van der Waals surface area contributed by atoms with Crippen molar-refractivity contribution in [3.05, 3.63) is 127 Å². The van der Waals surface area contributed by atoms with Crippen LogP contribution >= 0.6 is 0 Å². The summed E-state index contributed by atoms with van der Waals surface area (Å²) in [6.45, 7) is -0.250. The molecule has 2 heterocycles. The van der Waals surface area contributed by atoms with E-state index in [2.05, 4.69) is 72.8 Å². The summed E-state index contributed by atoms with van der Waals surface area (Å²) in [4.78, 5) is 0. The van der Waals surface area contributed by atoms with Crippen molar-refractivity contribution in [3.8, 4) is 67.9 Å². The molecule has 0 bridgehead atoms. The molecule has 0 saturated heterocycles. The Labute approximate surface area is 251 Å². The predicted octanol–water partition coefficient (Wildman–Crippen LogP) is 7.43.